The zero-order chi connectivity index (χ0) is 13.7. The van der Waals surface area contributed by atoms with Crippen molar-refractivity contribution < 1.29 is 14.6 Å². The highest BCUT2D eigenvalue weighted by Gasteiger charge is 2.41. The maximum absolute atomic E-state index is 11.6. The van der Waals surface area contributed by atoms with Gasteiger partial charge in [0.2, 0.25) is 0 Å². The average Bonchev–Trinajstić information content (AvgIpc) is 2.40. The van der Waals surface area contributed by atoms with Crippen molar-refractivity contribution in [3.63, 3.8) is 0 Å². The van der Waals surface area contributed by atoms with E-state index in [1.54, 1.807) is 6.08 Å². The molecule has 0 aromatic carbocycles. The number of hydrogen-bond donors (Lipinski definition) is 1. The molecule has 0 radical (unpaired) electrons. The molecule has 0 amide bonds. The molecular formula is C15H25NO3. The van der Waals surface area contributed by atoms with Crippen LogP contribution in [0.4, 0.5) is 0 Å². The van der Waals surface area contributed by atoms with Crippen LogP contribution in [0.5, 0.6) is 0 Å². The molecule has 108 valence electrons. The molecule has 2 heterocycles. The van der Waals surface area contributed by atoms with E-state index < -0.39 is 11.4 Å². The normalized spacial score (nSPS) is 30.1. The molecule has 2 aliphatic rings. The molecule has 0 aliphatic carbocycles. The van der Waals surface area contributed by atoms with Crippen LogP contribution in [0, 0.1) is 11.3 Å². The van der Waals surface area contributed by atoms with Crippen LogP contribution in [0.3, 0.4) is 0 Å². The van der Waals surface area contributed by atoms with Gasteiger partial charge in [0.1, 0.15) is 0 Å². The van der Waals surface area contributed by atoms with Gasteiger partial charge in [-0.15, -0.1) is 6.58 Å². The van der Waals surface area contributed by atoms with Gasteiger partial charge in [0.25, 0.3) is 0 Å². The van der Waals surface area contributed by atoms with Gasteiger partial charge in [-0.1, -0.05) is 6.08 Å². The average molecular weight is 267 g/mol. The fourth-order valence-electron chi connectivity index (χ4n) is 3.38. The lowest BCUT2D eigenvalue weighted by molar-refractivity contribution is -0.152. The third-order valence-electron chi connectivity index (χ3n) is 4.50. The van der Waals surface area contributed by atoms with Crippen LogP contribution in [0.15, 0.2) is 12.7 Å². The van der Waals surface area contributed by atoms with Crippen LogP contribution in [-0.2, 0) is 9.53 Å². The maximum Gasteiger partial charge on any atom is 0.311 e. The van der Waals surface area contributed by atoms with Crippen LogP contribution in [0.25, 0.3) is 0 Å². The standard InChI is InChI=1S/C15H25NO3/c1-2-6-15(14(17)18)7-3-8-16(12-15)11-13-4-9-19-10-5-13/h2,13H,1,3-12H2,(H,17,18)/t15-/m0/s1. The van der Waals surface area contributed by atoms with E-state index in [4.69, 9.17) is 4.74 Å². The Bertz CT molecular complexity index is 325. The second-order valence-electron chi connectivity index (χ2n) is 5.97. The van der Waals surface area contributed by atoms with E-state index in [2.05, 4.69) is 11.5 Å². The summed E-state index contributed by atoms with van der Waals surface area (Å²) in [5, 5.41) is 9.55. The highest BCUT2D eigenvalue weighted by atomic mass is 16.5. The van der Waals surface area contributed by atoms with Gasteiger partial charge in [0.05, 0.1) is 5.41 Å². The Balaban J connectivity index is 1.94. The zero-order valence-electron chi connectivity index (χ0n) is 11.6. The lowest BCUT2D eigenvalue weighted by Gasteiger charge is -2.41. The molecule has 4 nitrogen and oxygen atoms in total. The molecule has 2 rings (SSSR count). The minimum Gasteiger partial charge on any atom is -0.481 e. The summed E-state index contributed by atoms with van der Waals surface area (Å²) in [7, 11) is 0. The van der Waals surface area contributed by atoms with Crippen molar-refractivity contribution in [1.82, 2.24) is 4.90 Å². The van der Waals surface area contributed by atoms with E-state index in [-0.39, 0.29) is 0 Å². The predicted molar refractivity (Wildman–Crippen MR) is 74.1 cm³/mol. The van der Waals surface area contributed by atoms with Gasteiger partial charge >= 0.3 is 5.97 Å². The molecule has 0 aromatic heterocycles. The molecule has 19 heavy (non-hydrogen) atoms. The number of ether oxygens (including phenoxy) is 1. The van der Waals surface area contributed by atoms with E-state index in [1.807, 2.05) is 0 Å². The molecule has 4 heteroatoms. The van der Waals surface area contributed by atoms with Crippen LogP contribution in [-0.4, -0.2) is 48.8 Å². The number of carboxylic acids is 1. The van der Waals surface area contributed by atoms with Crippen LogP contribution < -0.4 is 0 Å². The number of carboxylic acid groups (broad SMARTS) is 1. The monoisotopic (exact) mass is 267 g/mol. The molecule has 0 bridgehead atoms. The van der Waals surface area contributed by atoms with Gasteiger partial charge < -0.3 is 14.7 Å². The summed E-state index contributed by atoms with van der Waals surface area (Å²) >= 11 is 0. The van der Waals surface area contributed by atoms with Crippen molar-refractivity contribution in [3.8, 4) is 0 Å². The van der Waals surface area contributed by atoms with Crippen LogP contribution in [0.1, 0.15) is 32.1 Å². The number of likely N-dealkylation sites (tertiary alicyclic amines) is 1. The first-order valence-corrected chi connectivity index (χ1v) is 7.31. The van der Waals surface area contributed by atoms with Crippen molar-refractivity contribution in [2.75, 3.05) is 32.8 Å². The van der Waals surface area contributed by atoms with Crippen molar-refractivity contribution >= 4 is 5.97 Å². The van der Waals surface area contributed by atoms with Crippen molar-refractivity contribution in [1.29, 1.82) is 0 Å². The lowest BCUT2D eigenvalue weighted by Crippen LogP contribution is -2.49. The van der Waals surface area contributed by atoms with Gasteiger partial charge in [-0.3, -0.25) is 4.79 Å². The Labute approximate surface area is 115 Å². The van der Waals surface area contributed by atoms with Gasteiger partial charge in [-0.25, -0.2) is 0 Å². The highest BCUT2D eigenvalue weighted by molar-refractivity contribution is 5.75. The van der Waals surface area contributed by atoms with E-state index in [9.17, 15) is 9.90 Å². The Hall–Kier alpha value is -0.870. The molecule has 2 fully saturated rings. The first-order chi connectivity index (χ1) is 9.16. The zero-order valence-corrected chi connectivity index (χ0v) is 11.6. The van der Waals surface area contributed by atoms with E-state index in [0.29, 0.717) is 18.9 Å². The Morgan fingerprint density at radius 1 is 1.47 bits per heavy atom. The lowest BCUT2D eigenvalue weighted by atomic mass is 9.77. The molecular weight excluding hydrogens is 242 g/mol. The number of piperidine rings is 1. The number of aliphatic carboxylic acids is 1. The third-order valence-corrected chi connectivity index (χ3v) is 4.50. The SMILES string of the molecule is C=CC[C@]1(C(=O)O)CCCN(CC2CCOCC2)C1. The van der Waals surface area contributed by atoms with Crippen molar-refractivity contribution in [2.45, 2.75) is 32.1 Å². The summed E-state index contributed by atoms with van der Waals surface area (Å²) in [5.41, 5.74) is -0.606. The molecule has 0 unspecified atom stereocenters. The number of rotatable bonds is 5. The number of allylic oxidation sites excluding steroid dienone is 1. The van der Waals surface area contributed by atoms with E-state index >= 15 is 0 Å². The van der Waals surface area contributed by atoms with Crippen molar-refractivity contribution in [3.05, 3.63) is 12.7 Å². The van der Waals surface area contributed by atoms with Gasteiger partial charge in [-0.05, 0) is 44.6 Å². The fourth-order valence-corrected chi connectivity index (χ4v) is 3.38. The molecule has 1 atom stereocenters. The first kappa shape index (κ1) is 14.5. The molecule has 2 aliphatic heterocycles. The fraction of sp³-hybridized carbons (Fsp3) is 0.800. The maximum atomic E-state index is 11.6. The van der Waals surface area contributed by atoms with Crippen molar-refractivity contribution in [2.24, 2.45) is 11.3 Å². The van der Waals surface area contributed by atoms with E-state index in [1.165, 1.54) is 0 Å². The summed E-state index contributed by atoms with van der Waals surface area (Å²) in [6.07, 6.45) is 6.30. The number of nitrogens with zero attached hydrogens (tertiary/aromatic N) is 1. The number of carbonyl (C=O) groups is 1. The summed E-state index contributed by atoms with van der Waals surface area (Å²) in [6, 6.07) is 0. The molecule has 1 N–H and O–H groups in total. The highest BCUT2D eigenvalue weighted by Crippen LogP contribution is 2.35. The Morgan fingerprint density at radius 3 is 2.84 bits per heavy atom. The van der Waals surface area contributed by atoms with Gasteiger partial charge in [-0.2, -0.15) is 0 Å². The quantitative estimate of drug-likeness (QED) is 0.776. The topological polar surface area (TPSA) is 49.8 Å². The molecule has 0 aromatic rings. The molecule has 0 saturated carbocycles. The minimum absolute atomic E-state index is 0.576. The Morgan fingerprint density at radius 2 is 2.21 bits per heavy atom. The second kappa shape index (κ2) is 6.53. The largest absolute Gasteiger partial charge is 0.481 e. The number of hydrogen-bond acceptors (Lipinski definition) is 3. The summed E-state index contributed by atoms with van der Waals surface area (Å²) in [4.78, 5) is 14.0. The predicted octanol–water partition coefficient (Wildman–Crippen LogP) is 2.16. The molecule has 0 spiro atoms. The Kier molecular flexibility index (Phi) is 4.99. The second-order valence-corrected chi connectivity index (χ2v) is 5.97. The first-order valence-electron chi connectivity index (χ1n) is 7.31. The summed E-state index contributed by atoms with van der Waals surface area (Å²) < 4.78 is 5.38. The minimum atomic E-state index is -0.663. The van der Waals surface area contributed by atoms with E-state index in [0.717, 1.165) is 52.0 Å². The molecule has 2 saturated heterocycles. The van der Waals surface area contributed by atoms with Gasteiger partial charge in [0.15, 0.2) is 0 Å². The van der Waals surface area contributed by atoms with Gasteiger partial charge in [0, 0.05) is 26.3 Å². The summed E-state index contributed by atoms with van der Waals surface area (Å²) in [6.45, 7) is 8.16. The smallest absolute Gasteiger partial charge is 0.311 e. The third kappa shape index (κ3) is 3.57. The summed E-state index contributed by atoms with van der Waals surface area (Å²) in [5.74, 6) is 0.00570. The van der Waals surface area contributed by atoms with Crippen LogP contribution in [0.2, 0.25) is 0 Å². The van der Waals surface area contributed by atoms with Crippen LogP contribution >= 0.6 is 0 Å².